The molecule has 4 rings (SSSR count). The Morgan fingerprint density at radius 2 is 1.89 bits per heavy atom. The van der Waals surface area contributed by atoms with Crippen LogP contribution in [0.4, 0.5) is 22.0 Å². The zero-order chi connectivity index (χ0) is 26.2. The number of alkyl halides is 4. The van der Waals surface area contributed by atoms with Crippen molar-refractivity contribution >= 4 is 34.3 Å². The van der Waals surface area contributed by atoms with Crippen LogP contribution in [0.3, 0.4) is 0 Å². The Balaban J connectivity index is 1.52. The Morgan fingerprint density at radius 3 is 2.61 bits per heavy atom. The van der Waals surface area contributed by atoms with E-state index in [4.69, 9.17) is 17.3 Å². The highest BCUT2D eigenvalue weighted by molar-refractivity contribution is 6.30. The number of para-hydroxylation sites is 1. The number of hydrogen-bond acceptors (Lipinski definition) is 3. The van der Waals surface area contributed by atoms with Gasteiger partial charge in [0.15, 0.2) is 0 Å². The maximum absolute atomic E-state index is 14.3. The number of carbonyl (C=O) groups excluding carboxylic acids is 2. The maximum Gasteiger partial charge on any atom is 0.407 e. The van der Waals surface area contributed by atoms with E-state index in [1.165, 1.54) is 28.8 Å². The van der Waals surface area contributed by atoms with E-state index in [-0.39, 0.29) is 41.0 Å². The van der Waals surface area contributed by atoms with E-state index in [1.54, 1.807) is 18.2 Å². The van der Waals surface area contributed by atoms with Gasteiger partial charge in [0.2, 0.25) is 11.8 Å². The van der Waals surface area contributed by atoms with Crippen LogP contribution in [0.1, 0.15) is 23.6 Å². The molecule has 1 fully saturated rings. The lowest BCUT2D eigenvalue weighted by molar-refractivity contribution is -0.148. The molecule has 1 aromatic heterocycles. The number of nitrogens with zero attached hydrogens (tertiary/aromatic N) is 2. The highest BCUT2D eigenvalue weighted by Crippen LogP contribution is 2.35. The van der Waals surface area contributed by atoms with Gasteiger partial charge in [-0.05, 0) is 12.1 Å². The van der Waals surface area contributed by atoms with Gasteiger partial charge in [0, 0.05) is 41.2 Å². The molecule has 1 aliphatic rings. The molecule has 12 heteroatoms. The van der Waals surface area contributed by atoms with Gasteiger partial charge in [-0.25, -0.2) is 8.78 Å². The summed E-state index contributed by atoms with van der Waals surface area (Å²) in [6.45, 7) is -0.997. The molecule has 1 saturated heterocycles. The molecular weight excluding hydrogens is 507 g/mol. The quantitative estimate of drug-likeness (QED) is 0.469. The molecule has 0 spiro atoms. The summed E-state index contributed by atoms with van der Waals surface area (Å²) in [4.78, 5) is 26.9. The molecule has 0 bridgehead atoms. The summed E-state index contributed by atoms with van der Waals surface area (Å²) in [5.41, 5.74) is 5.68. The van der Waals surface area contributed by atoms with E-state index in [0.717, 1.165) is 11.1 Å². The summed E-state index contributed by atoms with van der Waals surface area (Å²) in [5.74, 6) is -2.04. The molecule has 0 aliphatic carbocycles. The number of nitrogens with one attached hydrogen (secondary N) is 1. The van der Waals surface area contributed by atoms with Crippen LogP contribution >= 0.6 is 11.6 Å². The molecule has 2 aromatic carbocycles. The van der Waals surface area contributed by atoms with Crippen LogP contribution < -0.4 is 11.1 Å². The number of amides is 2. The van der Waals surface area contributed by atoms with Gasteiger partial charge >= 0.3 is 6.18 Å². The number of carbonyl (C=O) groups is 2. The molecule has 0 radical (unpaired) electrons. The fourth-order valence-corrected chi connectivity index (χ4v) is 4.55. The van der Waals surface area contributed by atoms with Crippen molar-refractivity contribution in [2.24, 2.45) is 5.73 Å². The second-order valence-electron chi connectivity index (χ2n) is 8.57. The molecule has 0 saturated carbocycles. The number of benzene rings is 2. The Bertz CT molecular complexity index is 1300. The summed E-state index contributed by atoms with van der Waals surface area (Å²) < 4.78 is 69.5. The van der Waals surface area contributed by atoms with Crippen LogP contribution in [-0.4, -0.2) is 46.2 Å². The number of aromatic nitrogens is 1. The van der Waals surface area contributed by atoms with Crippen molar-refractivity contribution in [1.29, 1.82) is 0 Å². The van der Waals surface area contributed by atoms with Gasteiger partial charge in [0.25, 0.3) is 0 Å². The van der Waals surface area contributed by atoms with Crippen molar-refractivity contribution in [3.63, 3.8) is 0 Å². The van der Waals surface area contributed by atoms with E-state index >= 15 is 0 Å². The van der Waals surface area contributed by atoms with Crippen LogP contribution in [0.5, 0.6) is 0 Å². The van der Waals surface area contributed by atoms with Crippen LogP contribution in [0, 0.1) is 5.82 Å². The monoisotopic (exact) mass is 528 g/mol. The average Bonchev–Trinajstić information content (AvgIpc) is 3.39. The number of nitrogens with two attached hydrogens (primary N) is 1. The van der Waals surface area contributed by atoms with E-state index < -0.39 is 48.6 Å². The average molecular weight is 529 g/mol. The third-order valence-electron chi connectivity index (χ3n) is 6.17. The van der Waals surface area contributed by atoms with Crippen molar-refractivity contribution < 1.29 is 31.5 Å². The first-order chi connectivity index (χ1) is 17.0. The lowest BCUT2D eigenvalue weighted by atomic mass is 10.1. The topological polar surface area (TPSA) is 80.4 Å². The smallest absolute Gasteiger partial charge is 0.350 e. The molecule has 3 N–H and O–H groups in total. The predicted molar refractivity (Wildman–Crippen MR) is 123 cm³/mol. The van der Waals surface area contributed by atoms with E-state index in [1.807, 2.05) is 0 Å². The Kier molecular flexibility index (Phi) is 7.24. The molecule has 6 nitrogen and oxygen atoms in total. The van der Waals surface area contributed by atoms with E-state index in [2.05, 4.69) is 5.32 Å². The van der Waals surface area contributed by atoms with Crippen LogP contribution in [0.15, 0.2) is 48.7 Å². The first kappa shape index (κ1) is 25.9. The summed E-state index contributed by atoms with van der Waals surface area (Å²) >= 11 is 5.74. The lowest BCUT2D eigenvalue weighted by Crippen LogP contribution is -2.46. The largest absolute Gasteiger partial charge is 0.407 e. The lowest BCUT2D eigenvalue weighted by Gasteiger charge is -2.24. The minimum atomic E-state index is -4.69. The molecule has 2 amide bonds. The first-order valence-electron chi connectivity index (χ1n) is 11.0. The normalized spacial score (nSPS) is 19.0. The van der Waals surface area contributed by atoms with Crippen molar-refractivity contribution in [1.82, 2.24) is 14.8 Å². The number of rotatable bonds is 6. The van der Waals surface area contributed by atoms with Gasteiger partial charge in [0.1, 0.15) is 30.6 Å². The number of likely N-dealkylation sites (tertiary alicyclic amines) is 1. The van der Waals surface area contributed by atoms with Crippen LogP contribution in [-0.2, 0) is 22.7 Å². The third kappa shape index (κ3) is 5.17. The van der Waals surface area contributed by atoms with Gasteiger partial charge in [-0.1, -0.05) is 41.9 Å². The summed E-state index contributed by atoms with van der Waals surface area (Å²) in [5, 5.41) is 2.61. The second-order valence-corrected chi connectivity index (χ2v) is 8.98. The second kappa shape index (κ2) is 10.1. The zero-order valence-electron chi connectivity index (χ0n) is 18.7. The Hall–Kier alpha value is -3.18. The molecular formula is C24H22ClF5N4O2. The van der Waals surface area contributed by atoms with Gasteiger partial charge < -0.3 is 20.5 Å². The van der Waals surface area contributed by atoms with Crippen molar-refractivity contribution in [3.8, 4) is 0 Å². The molecule has 2 heterocycles. The highest BCUT2D eigenvalue weighted by atomic mass is 35.5. The minimum absolute atomic E-state index is 0.119. The van der Waals surface area contributed by atoms with Crippen molar-refractivity contribution in [2.45, 2.75) is 43.9 Å². The number of halogens is 6. The molecule has 192 valence electrons. The van der Waals surface area contributed by atoms with E-state index in [9.17, 15) is 31.5 Å². The van der Waals surface area contributed by atoms with Crippen molar-refractivity contribution in [2.75, 3.05) is 6.54 Å². The summed E-state index contributed by atoms with van der Waals surface area (Å²) in [7, 11) is 0. The van der Waals surface area contributed by atoms with Gasteiger partial charge in [0.05, 0.1) is 11.6 Å². The zero-order valence-corrected chi connectivity index (χ0v) is 19.5. The van der Waals surface area contributed by atoms with Gasteiger partial charge in [-0.15, -0.1) is 0 Å². The summed E-state index contributed by atoms with van der Waals surface area (Å²) in [6.07, 6.45) is -5.27. The molecule has 3 aromatic rings. The number of fused-ring (bicyclic) bond motifs is 1. The minimum Gasteiger partial charge on any atom is -0.350 e. The predicted octanol–water partition coefficient (Wildman–Crippen LogP) is 4.25. The summed E-state index contributed by atoms with van der Waals surface area (Å²) in [6, 6.07) is 7.04. The number of hydrogen-bond donors (Lipinski definition) is 2. The standard InChI is InChI=1S/C24H22ClF5N4O2/c25-17-6-3-4-13(21(17)27)9-32-23(36)19-8-14(26)10-34(19)20(35)12-33-11-16(22(31)24(28,29)30)15-5-1-2-7-18(15)33/h1-7,11,14,19,22H,8-10,12,31H2,(H,32,36)/t14-,19+,22?/m1/s1. The molecule has 3 atom stereocenters. The van der Waals surface area contributed by atoms with Crippen LogP contribution in [0.2, 0.25) is 5.02 Å². The Morgan fingerprint density at radius 1 is 1.17 bits per heavy atom. The van der Waals surface area contributed by atoms with Gasteiger partial charge in [-0.2, -0.15) is 13.2 Å². The molecule has 36 heavy (non-hydrogen) atoms. The van der Waals surface area contributed by atoms with Crippen molar-refractivity contribution in [3.05, 3.63) is 70.6 Å². The third-order valence-corrected chi connectivity index (χ3v) is 6.46. The van der Waals surface area contributed by atoms with Crippen LogP contribution in [0.25, 0.3) is 10.9 Å². The fourth-order valence-electron chi connectivity index (χ4n) is 4.36. The molecule has 1 unspecified atom stereocenters. The Labute approximate surface area is 207 Å². The van der Waals surface area contributed by atoms with Gasteiger partial charge in [-0.3, -0.25) is 9.59 Å². The highest BCUT2D eigenvalue weighted by Gasteiger charge is 2.41. The first-order valence-corrected chi connectivity index (χ1v) is 11.4. The molecule has 1 aliphatic heterocycles. The fraction of sp³-hybridized carbons (Fsp3) is 0.333. The van der Waals surface area contributed by atoms with E-state index in [0.29, 0.717) is 5.52 Å². The SMILES string of the molecule is NC(c1cn(CC(=O)N2C[C@H](F)C[C@H]2C(=O)NCc2cccc(Cl)c2F)c2ccccc12)C(F)(F)F. The maximum atomic E-state index is 14.3.